The summed E-state index contributed by atoms with van der Waals surface area (Å²) in [5.74, 6) is 0.618. The van der Waals surface area contributed by atoms with Gasteiger partial charge in [0.2, 0.25) is 0 Å². The minimum absolute atomic E-state index is 0.445. The fraction of sp³-hybridized carbons (Fsp3) is 0.769. The molecule has 2 rings (SSSR count). The quantitative estimate of drug-likeness (QED) is 0.870. The van der Waals surface area contributed by atoms with Gasteiger partial charge in [-0.2, -0.15) is 0 Å². The van der Waals surface area contributed by atoms with Crippen LogP contribution in [0.5, 0.6) is 0 Å². The molecule has 3 heteroatoms. The lowest BCUT2D eigenvalue weighted by molar-refractivity contribution is 0.419. The zero-order valence-electron chi connectivity index (χ0n) is 10.5. The Morgan fingerprint density at radius 2 is 2.06 bits per heavy atom. The van der Waals surface area contributed by atoms with Crippen molar-refractivity contribution in [1.82, 2.24) is 10.3 Å². The van der Waals surface area contributed by atoms with Gasteiger partial charge < -0.3 is 5.32 Å². The normalized spacial score (nSPS) is 17.5. The van der Waals surface area contributed by atoms with Crippen molar-refractivity contribution < 1.29 is 0 Å². The molecule has 0 saturated heterocycles. The SMILES string of the molecule is CCNC(c1nc2c(s1)CCCC2)C(C)C. The van der Waals surface area contributed by atoms with Crippen LogP contribution in [0.3, 0.4) is 0 Å². The van der Waals surface area contributed by atoms with Crippen LogP contribution in [-0.2, 0) is 12.8 Å². The van der Waals surface area contributed by atoms with Crippen LogP contribution in [0.1, 0.15) is 55.2 Å². The molecule has 0 aromatic carbocycles. The molecular formula is C13H22N2S. The molecule has 0 radical (unpaired) electrons. The van der Waals surface area contributed by atoms with E-state index in [1.54, 1.807) is 4.88 Å². The van der Waals surface area contributed by atoms with Gasteiger partial charge in [0.15, 0.2) is 0 Å². The largest absolute Gasteiger partial charge is 0.308 e. The summed E-state index contributed by atoms with van der Waals surface area (Å²) in [5.41, 5.74) is 1.38. The molecular weight excluding hydrogens is 216 g/mol. The fourth-order valence-corrected chi connectivity index (χ4v) is 3.74. The van der Waals surface area contributed by atoms with E-state index in [4.69, 9.17) is 4.98 Å². The Hall–Kier alpha value is -0.410. The topological polar surface area (TPSA) is 24.9 Å². The molecule has 1 N–H and O–H groups in total. The van der Waals surface area contributed by atoms with Gasteiger partial charge in [-0.25, -0.2) is 4.98 Å². The van der Waals surface area contributed by atoms with Gasteiger partial charge in [-0.05, 0) is 38.1 Å². The Morgan fingerprint density at radius 1 is 1.31 bits per heavy atom. The first kappa shape index (κ1) is 12.1. The van der Waals surface area contributed by atoms with Crippen LogP contribution in [0, 0.1) is 5.92 Å². The summed E-state index contributed by atoms with van der Waals surface area (Å²) in [6.45, 7) is 7.73. The highest BCUT2D eigenvalue weighted by Gasteiger charge is 2.22. The van der Waals surface area contributed by atoms with Gasteiger partial charge >= 0.3 is 0 Å². The van der Waals surface area contributed by atoms with Gasteiger partial charge in [-0.3, -0.25) is 0 Å². The van der Waals surface area contributed by atoms with Crippen LogP contribution in [0.15, 0.2) is 0 Å². The zero-order chi connectivity index (χ0) is 11.5. The molecule has 1 aliphatic carbocycles. The monoisotopic (exact) mass is 238 g/mol. The maximum absolute atomic E-state index is 4.85. The highest BCUT2D eigenvalue weighted by atomic mass is 32.1. The summed E-state index contributed by atoms with van der Waals surface area (Å²) in [6, 6.07) is 0.445. The van der Waals surface area contributed by atoms with E-state index in [0.717, 1.165) is 6.54 Å². The van der Waals surface area contributed by atoms with Crippen LogP contribution in [-0.4, -0.2) is 11.5 Å². The summed E-state index contributed by atoms with van der Waals surface area (Å²) in [6.07, 6.45) is 5.12. The van der Waals surface area contributed by atoms with Gasteiger partial charge in [0.25, 0.3) is 0 Å². The Bertz CT molecular complexity index is 320. The van der Waals surface area contributed by atoms with Gasteiger partial charge in [-0.15, -0.1) is 11.3 Å². The Kier molecular flexibility index (Phi) is 3.98. The second-order valence-corrected chi connectivity index (χ2v) is 6.02. The average Bonchev–Trinajstić information content (AvgIpc) is 2.68. The fourth-order valence-electron chi connectivity index (χ4n) is 2.33. The summed E-state index contributed by atoms with van der Waals surface area (Å²) >= 11 is 1.94. The van der Waals surface area contributed by atoms with Crippen LogP contribution >= 0.6 is 11.3 Å². The third kappa shape index (κ3) is 2.46. The van der Waals surface area contributed by atoms with Crippen molar-refractivity contribution in [2.24, 2.45) is 5.92 Å². The van der Waals surface area contributed by atoms with Crippen molar-refractivity contribution in [2.45, 2.75) is 52.5 Å². The van der Waals surface area contributed by atoms with Crippen LogP contribution in [0.25, 0.3) is 0 Å². The van der Waals surface area contributed by atoms with Crippen LogP contribution < -0.4 is 5.32 Å². The Labute approximate surface area is 102 Å². The Morgan fingerprint density at radius 3 is 2.69 bits per heavy atom. The minimum atomic E-state index is 0.445. The van der Waals surface area contributed by atoms with Crippen LogP contribution in [0.2, 0.25) is 0 Å². The molecule has 2 nitrogen and oxygen atoms in total. The molecule has 1 aromatic rings. The molecule has 0 amide bonds. The lowest BCUT2D eigenvalue weighted by atomic mass is 10.0. The third-order valence-corrected chi connectivity index (χ3v) is 4.46. The van der Waals surface area contributed by atoms with Crippen molar-refractivity contribution in [2.75, 3.05) is 6.54 Å². The molecule has 1 aromatic heterocycles. The molecule has 1 aliphatic rings. The van der Waals surface area contributed by atoms with E-state index >= 15 is 0 Å². The minimum Gasteiger partial charge on any atom is -0.308 e. The molecule has 0 fully saturated rings. The van der Waals surface area contributed by atoms with Gasteiger partial charge in [0.1, 0.15) is 5.01 Å². The molecule has 16 heavy (non-hydrogen) atoms. The molecule has 0 spiro atoms. The lowest BCUT2D eigenvalue weighted by Crippen LogP contribution is -2.25. The number of aryl methyl sites for hydroxylation is 2. The van der Waals surface area contributed by atoms with Crippen molar-refractivity contribution in [3.05, 3.63) is 15.6 Å². The number of hydrogen-bond acceptors (Lipinski definition) is 3. The third-order valence-electron chi connectivity index (χ3n) is 3.22. The van der Waals surface area contributed by atoms with E-state index in [-0.39, 0.29) is 0 Å². The predicted molar refractivity (Wildman–Crippen MR) is 70.0 cm³/mol. The zero-order valence-corrected chi connectivity index (χ0v) is 11.4. The van der Waals surface area contributed by atoms with Crippen molar-refractivity contribution in [3.63, 3.8) is 0 Å². The van der Waals surface area contributed by atoms with E-state index < -0.39 is 0 Å². The van der Waals surface area contributed by atoms with Crippen molar-refractivity contribution >= 4 is 11.3 Å². The number of fused-ring (bicyclic) bond motifs is 1. The van der Waals surface area contributed by atoms with Crippen LogP contribution in [0.4, 0.5) is 0 Å². The highest BCUT2D eigenvalue weighted by Crippen LogP contribution is 2.32. The van der Waals surface area contributed by atoms with Gasteiger partial charge in [0.05, 0.1) is 11.7 Å². The number of nitrogens with zero attached hydrogens (tertiary/aromatic N) is 1. The summed E-state index contributed by atoms with van der Waals surface area (Å²) < 4.78 is 0. The maximum atomic E-state index is 4.85. The smallest absolute Gasteiger partial charge is 0.110 e. The highest BCUT2D eigenvalue weighted by molar-refractivity contribution is 7.11. The summed E-state index contributed by atoms with van der Waals surface area (Å²) in [7, 11) is 0. The number of nitrogens with one attached hydrogen (secondary N) is 1. The molecule has 0 aliphatic heterocycles. The lowest BCUT2D eigenvalue weighted by Gasteiger charge is -2.18. The standard InChI is InChI=1S/C13H22N2S/c1-4-14-12(9(2)3)13-15-10-7-5-6-8-11(10)16-13/h9,12,14H,4-8H2,1-3H3. The van der Waals surface area contributed by atoms with E-state index in [1.807, 2.05) is 11.3 Å². The summed E-state index contributed by atoms with van der Waals surface area (Å²) in [5, 5.41) is 4.86. The first-order chi connectivity index (χ1) is 7.72. The molecule has 90 valence electrons. The number of rotatable bonds is 4. The van der Waals surface area contributed by atoms with E-state index in [0.29, 0.717) is 12.0 Å². The number of thiazole rings is 1. The first-order valence-electron chi connectivity index (χ1n) is 6.44. The molecule has 1 atom stereocenters. The van der Waals surface area contributed by atoms with Gasteiger partial charge in [-0.1, -0.05) is 20.8 Å². The van der Waals surface area contributed by atoms with E-state index in [2.05, 4.69) is 26.1 Å². The van der Waals surface area contributed by atoms with Gasteiger partial charge in [0, 0.05) is 4.88 Å². The second-order valence-electron chi connectivity index (χ2n) is 4.91. The van der Waals surface area contributed by atoms with Crippen molar-refractivity contribution in [3.8, 4) is 0 Å². The molecule has 0 saturated carbocycles. The number of aromatic nitrogens is 1. The molecule has 0 bridgehead atoms. The molecule has 1 unspecified atom stereocenters. The predicted octanol–water partition coefficient (Wildman–Crippen LogP) is 3.33. The first-order valence-corrected chi connectivity index (χ1v) is 7.26. The van der Waals surface area contributed by atoms with Crippen molar-refractivity contribution in [1.29, 1.82) is 0 Å². The Balaban J connectivity index is 2.20. The number of hydrogen-bond donors (Lipinski definition) is 1. The second kappa shape index (κ2) is 5.28. The van der Waals surface area contributed by atoms with E-state index in [1.165, 1.54) is 36.4 Å². The molecule has 1 heterocycles. The summed E-state index contributed by atoms with van der Waals surface area (Å²) in [4.78, 5) is 6.39. The van der Waals surface area contributed by atoms with E-state index in [9.17, 15) is 0 Å². The average molecular weight is 238 g/mol. The maximum Gasteiger partial charge on any atom is 0.110 e.